The molecule has 3 amide bonds. The second kappa shape index (κ2) is 8.67. The van der Waals surface area contributed by atoms with Gasteiger partial charge in [-0.2, -0.15) is 0 Å². The average Bonchev–Trinajstić information content (AvgIpc) is 3.00. The smallest absolute Gasteiger partial charge is 0.251 e. The van der Waals surface area contributed by atoms with E-state index in [0.29, 0.717) is 17.8 Å². The molecular formula is C20H20N2O3S. The minimum Gasteiger partial charge on any atom is -0.352 e. The summed E-state index contributed by atoms with van der Waals surface area (Å²) in [7, 11) is 0. The number of benzene rings is 2. The van der Waals surface area contributed by atoms with Gasteiger partial charge in [-0.1, -0.05) is 24.3 Å². The lowest BCUT2D eigenvalue weighted by Gasteiger charge is -2.14. The summed E-state index contributed by atoms with van der Waals surface area (Å²) < 4.78 is 0. The van der Waals surface area contributed by atoms with E-state index in [1.165, 1.54) is 4.90 Å². The maximum absolute atomic E-state index is 12.3. The van der Waals surface area contributed by atoms with Crippen LogP contribution in [0.25, 0.3) is 0 Å². The SMILES string of the molecule is O=C(NCCCSc1ccccc1)c1cccc(N2C(=O)CCC2=O)c1. The maximum atomic E-state index is 12.3. The van der Waals surface area contributed by atoms with Gasteiger partial charge in [0.1, 0.15) is 0 Å². The van der Waals surface area contributed by atoms with Crippen molar-refractivity contribution in [3.8, 4) is 0 Å². The van der Waals surface area contributed by atoms with Crippen LogP contribution < -0.4 is 10.2 Å². The van der Waals surface area contributed by atoms with Crippen molar-refractivity contribution in [3.05, 3.63) is 60.2 Å². The van der Waals surface area contributed by atoms with Crippen LogP contribution in [0.3, 0.4) is 0 Å². The molecule has 134 valence electrons. The van der Waals surface area contributed by atoms with Gasteiger partial charge in [-0.15, -0.1) is 11.8 Å². The van der Waals surface area contributed by atoms with E-state index in [2.05, 4.69) is 17.4 Å². The Morgan fingerprint density at radius 1 is 1.00 bits per heavy atom. The minimum absolute atomic E-state index is 0.198. The summed E-state index contributed by atoms with van der Waals surface area (Å²) in [5.41, 5.74) is 0.912. The zero-order chi connectivity index (χ0) is 18.4. The molecule has 5 nitrogen and oxygen atoms in total. The Bertz CT molecular complexity index is 792. The summed E-state index contributed by atoms with van der Waals surface area (Å²) in [6, 6.07) is 16.8. The first kappa shape index (κ1) is 18.2. The summed E-state index contributed by atoms with van der Waals surface area (Å²) in [6.07, 6.45) is 1.32. The average molecular weight is 368 g/mol. The molecule has 2 aromatic carbocycles. The van der Waals surface area contributed by atoms with Crippen molar-refractivity contribution in [2.24, 2.45) is 0 Å². The predicted octanol–water partition coefficient (Wildman–Crippen LogP) is 3.25. The number of carbonyl (C=O) groups excluding carboxylic acids is 3. The molecule has 0 spiro atoms. The molecule has 1 aliphatic rings. The molecule has 0 aliphatic carbocycles. The molecule has 6 heteroatoms. The summed E-state index contributed by atoms with van der Waals surface area (Å²) in [6.45, 7) is 0.574. The van der Waals surface area contributed by atoms with Gasteiger partial charge in [0, 0.05) is 29.8 Å². The Morgan fingerprint density at radius 3 is 2.46 bits per heavy atom. The first-order chi connectivity index (χ1) is 12.6. The number of rotatable bonds is 7. The molecule has 1 heterocycles. The minimum atomic E-state index is -0.217. The third-order valence-electron chi connectivity index (χ3n) is 4.04. The quantitative estimate of drug-likeness (QED) is 0.463. The molecule has 0 saturated carbocycles. The lowest BCUT2D eigenvalue weighted by Crippen LogP contribution is -2.29. The number of nitrogens with one attached hydrogen (secondary N) is 1. The van der Waals surface area contributed by atoms with Gasteiger partial charge >= 0.3 is 0 Å². The van der Waals surface area contributed by atoms with Gasteiger partial charge in [-0.05, 0) is 42.5 Å². The van der Waals surface area contributed by atoms with Crippen LogP contribution in [0.4, 0.5) is 5.69 Å². The predicted molar refractivity (Wildman–Crippen MR) is 102 cm³/mol. The summed E-state index contributed by atoms with van der Waals surface area (Å²) >= 11 is 1.75. The van der Waals surface area contributed by atoms with Gasteiger partial charge in [0.15, 0.2) is 0 Å². The summed E-state index contributed by atoms with van der Waals surface area (Å²) in [5.74, 6) is 0.285. The highest BCUT2D eigenvalue weighted by Crippen LogP contribution is 2.23. The van der Waals surface area contributed by atoms with E-state index in [9.17, 15) is 14.4 Å². The number of hydrogen-bond acceptors (Lipinski definition) is 4. The number of imide groups is 1. The first-order valence-corrected chi connectivity index (χ1v) is 9.55. The van der Waals surface area contributed by atoms with Gasteiger partial charge in [0.05, 0.1) is 5.69 Å². The third kappa shape index (κ3) is 4.52. The van der Waals surface area contributed by atoms with Crippen molar-refractivity contribution < 1.29 is 14.4 Å². The molecule has 1 saturated heterocycles. The standard InChI is InChI=1S/C20H20N2O3S/c23-18-10-11-19(24)22(18)16-7-4-6-15(14-16)20(25)21-12-5-13-26-17-8-2-1-3-9-17/h1-4,6-9,14H,5,10-13H2,(H,21,25). The highest BCUT2D eigenvalue weighted by atomic mass is 32.2. The van der Waals surface area contributed by atoms with Crippen LogP contribution in [0.15, 0.2) is 59.5 Å². The van der Waals surface area contributed by atoms with E-state index in [-0.39, 0.29) is 30.6 Å². The van der Waals surface area contributed by atoms with Gasteiger partial charge in [0.2, 0.25) is 11.8 Å². The van der Waals surface area contributed by atoms with E-state index in [0.717, 1.165) is 17.1 Å². The highest BCUT2D eigenvalue weighted by Gasteiger charge is 2.30. The van der Waals surface area contributed by atoms with Crippen molar-refractivity contribution in [1.29, 1.82) is 0 Å². The van der Waals surface area contributed by atoms with Crippen molar-refractivity contribution in [2.75, 3.05) is 17.2 Å². The lowest BCUT2D eigenvalue weighted by atomic mass is 10.1. The van der Waals surface area contributed by atoms with Crippen molar-refractivity contribution in [2.45, 2.75) is 24.2 Å². The fourth-order valence-electron chi connectivity index (χ4n) is 2.73. The number of amides is 3. The lowest BCUT2D eigenvalue weighted by molar-refractivity contribution is -0.121. The molecule has 1 aliphatic heterocycles. The Morgan fingerprint density at radius 2 is 1.73 bits per heavy atom. The van der Waals surface area contributed by atoms with Crippen LogP contribution in [-0.4, -0.2) is 30.0 Å². The fraction of sp³-hybridized carbons (Fsp3) is 0.250. The number of anilines is 1. The van der Waals surface area contributed by atoms with Gasteiger partial charge in [0.25, 0.3) is 5.91 Å². The highest BCUT2D eigenvalue weighted by molar-refractivity contribution is 7.99. The molecule has 1 N–H and O–H groups in total. The van der Waals surface area contributed by atoms with Gasteiger partial charge in [-0.25, -0.2) is 0 Å². The monoisotopic (exact) mass is 368 g/mol. The number of nitrogens with zero attached hydrogens (tertiary/aromatic N) is 1. The zero-order valence-corrected chi connectivity index (χ0v) is 15.1. The molecular weight excluding hydrogens is 348 g/mol. The number of carbonyl (C=O) groups is 3. The normalized spacial score (nSPS) is 13.9. The summed E-state index contributed by atoms with van der Waals surface area (Å²) in [5, 5.41) is 2.88. The molecule has 0 radical (unpaired) electrons. The van der Waals surface area contributed by atoms with Crippen LogP contribution in [-0.2, 0) is 9.59 Å². The summed E-state index contributed by atoms with van der Waals surface area (Å²) in [4.78, 5) is 38.3. The first-order valence-electron chi connectivity index (χ1n) is 8.57. The van der Waals surface area contributed by atoms with Crippen molar-refractivity contribution in [1.82, 2.24) is 5.32 Å². The van der Waals surface area contributed by atoms with Crippen molar-refractivity contribution in [3.63, 3.8) is 0 Å². The second-order valence-electron chi connectivity index (χ2n) is 5.94. The largest absolute Gasteiger partial charge is 0.352 e. The molecule has 26 heavy (non-hydrogen) atoms. The van der Waals surface area contributed by atoms with Crippen LogP contribution >= 0.6 is 11.8 Å². The van der Waals surface area contributed by atoms with Gasteiger partial charge in [-0.3, -0.25) is 19.3 Å². The molecule has 0 unspecified atom stereocenters. The second-order valence-corrected chi connectivity index (χ2v) is 7.11. The number of thioether (sulfide) groups is 1. The Balaban J connectivity index is 1.49. The van der Waals surface area contributed by atoms with Crippen molar-refractivity contribution >= 4 is 35.2 Å². The molecule has 0 atom stereocenters. The van der Waals surface area contributed by atoms with Crippen LogP contribution in [0.1, 0.15) is 29.6 Å². The maximum Gasteiger partial charge on any atom is 0.251 e. The molecule has 3 rings (SSSR count). The fourth-order valence-corrected chi connectivity index (χ4v) is 3.61. The molecule has 2 aromatic rings. The van der Waals surface area contributed by atoms with Crippen LogP contribution in [0.5, 0.6) is 0 Å². The van der Waals surface area contributed by atoms with Gasteiger partial charge < -0.3 is 5.32 Å². The number of hydrogen-bond donors (Lipinski definition) is 1. The van der Waals surface area contributed by atoms with Crippen LogP contribution in [0, 0.1) is 0 Å². The Hall–Kier alpha value is -2.60. The zero-order valence-electron chi connectivity index (χ0n) is 14.3. The van der Waals surface area contributed by atoms with E-state index in [4.69, 9.17) is 0 Å². The topological polar surface area (TPSA) is 66.5 Å². The van der Waals surface area contributed by atoms with E-state index in [1.54, 1.807) is 36.0 Å². The van der Waals surface area contributed by atoms with Crippen LogP contribution in [0.2, 0.25) is 0 Å². The Labute approximate surface area is 156 Å². The Kier molecular flexibility index (Phi) is 6.07. The third-order valence-corrected chi connectivity index (χ3v) is 5.13. The molecule has 1 fully saturated rings. The van der Waals surface area contributed by atoms with E-state index in [1.807, 2.05) is 18.2 Å². The van der Waals surface area contributed by atoms with E-state index >= 15 is 0 Å². The molecule has 0 aromatic heterocycles. The molecule has 0 bridgehead atoms. The van der Waals surface area contributed by atoms with E-state index < -0.39 is 0 Å².